The van der Waals surface area contributed by atoms with E-state index in [1.807, 2.05) is 0 Å². The third-order valence-corrected chi connectivity index (χ3v) is 1.51. The van der Waals surface area contributed by atoms with Gasteiger partial charge in [-0.2, -0.15) is 8.42 Å². The Morgan fingerprint density at radius 1 is 0.933 bits per heavy atom. The standard InChI is InChI=1S/C8H18O.Na.H2O4S.H/c1-2-3-4-5-6-7-8-9;;1-5(2,3)4;/h9H,2-8H2,1H3;;(H2,1,2,3,4);. The van der Waals surface area contributed by atoms with E-state index in [1.54, 1.807) is 0 Å². The van der Waals surface area contributed by atoms with Gasteiger partial charge in [0.05, 0.1) is 0 Å². The maximum atomic E-state index is 8.74. The first-order valence-corrected chi connectivity index (χ1v) is 6.12. The van der Waals surface area contributed by atoms with Crippen molar-refractivity contribution in [1.82, 2.24) is 0 Å². The molecule has 0 saturated carbocycles. The summed E-state index contributed by atoms with van der Waals surface area (Å²) in [5, 5.41) is 8.42. The van der Waals surface area contributed by atoms with Gasteiger partial charge >= 0.3 is 40.0 Å². The summed E-state index contributed by atoms with van der Waals surface area (Å²) in [6.45, 7) is 2.58. The molecule has 0 aromatic rings. The van der Waals surface area contributed by atoms with Crippen molar-refractivity contribution in [2.45, 2.75) is 45.4 Å². The third kappa shape index (κ3) is 52.3. The molecule has 0 aromatic heterocycles. The summed E-state index contributed by atoms with van der Waals surface area (Å²) in [6.07, 6.45) is 7.50. The maximum absolute atomic E-state index is 8.74. The Morgan fingerprint density at radius 2 is 1.27 bits per heavy atom. The van der Waals surface area contributed by atoms with Crippen molar-refractivity contribution in [3.05, 3.63) is 0 Å². The second-order valence-electron chi connectivity index (χ2n) is 2.94. The SMILES string of the molecule is CCCCCCCCO.O=S(=O)(O)O.[NaH]. The van der Waals surface area contributed by atoms with Crippen molar-refractivity contribution in [3.8, 4) is 0 Å². The van der Waals surface area contributed by atoms with E-state index >= 15 is 0 Å². The summed E-state index contributed by atoms with van der Waals surface area (Å²) in [6, 6.07) is 0. The van der Waals surface area contributed by atoms with Crippen LogP contribution in [-0.2, 0) is 10.4 Å². The van der Waals surface area contributed by atoms with Gasteiger partial charge in [0.2, 0.25) is 0 Å². The van der Waals surface area contributed by atoms with E-state index in [1.165, 1.54) is 32.1 Å². The summed E-state index contributed by atoms with van der Waals surface area (Å²) in [5.41, 5.74) is 0. The molecular formula is C8H21NaO5S. The molecule has 0 atom stereocenters. The molecule has 0 radical (unpaired) electrons. The summed E-state index contributed by atoms with van der Waals surface area (Å²) >= 11 is 0. The van der Waals surface area contributed by atoms with Gasteiger partial charge in [0.1, 0.15) is 0 Å². The molecule has 0 unspecified atom stereocenters. The van der Waals surface area contributed by atoms with Crippen LogP contribution in [0.15, 0.2) is 0 Å². The van der Waals surface area contributed by atoms with Crippen molar-refractivity contribution in [3.63, 3.8) is 0 Å². The molecule has 5 nitrogen and oxygen atoms in total. The molecule has 90 valence electrons. The number of hydrogen-bond acceptors (Lipinski definition) is 3. The second-order valence-corrected chi connectivity index (χ2v) is 3.83. The van der Waals surface area contributed by atoms with Crippen molar-refractivity contribution in [2.24, 2.45) is 0 Å². The number of rotatable bonds is 6. The predicted octanol–water partition coefficient (Wildman–Crippen LogP) is 1.04. The molecule has 0 aromatic carbocycles. The molecule has 0 aliphatic heterocycles. The van der Waals surface area contributed by atoms with Gasteiger partial charge in [0.25, 0.3) is 0 Å². The summed E-state index contributed by atoms with van der Waals surface area (Å²) in [4.78, 5) is 0. The molecule has 0 fully saturated rings. The average molecular weight is 252 g/mol. The first-order valence-electron chi connectivity index (χ1n) is 4.72. The van der Waals surface area contributed by atoms with Crippen LogP contribution in [0.1, 0.15) is 45.4 Å². The van der Waals surface area contributed by atoms with Crippen LogP contribution in [0.2, 0.25) is 0 Å². The average Bonchev–Trinajstić information content (AvgIpc) is 2.01. The van der Waals surface area contributed by atoms with E-state index in [9.17, 15) is 0 Å². The van der Waals surface area contributed by atoms with Gasteiger partial charge in [-0.05, 0) is 6.42 Å². The summed E-state index contributed by atoms with van der Waals surface area (Å²) in [7, 11) is -4.67. The molecule has 0 bridgehead atoms. The molecular weight excluding hydrogens is 231 g/mol. The normalized spacial score (nSPS) is 9.87. The molecule has 0 aliphatic rings. The first kappa shape index (κ1) is 21.1. The van der Waals surface area contributed by atoms with Gasteiger partial charge in [-0.1, -0.05) is 39.0 Å². The van der Waals surface area contributed by atoms with Crippen LogP contribution in [0.3, 0.4) is 0 Å². The van der Waals surface area contributed by atoms with Crippen LogP contribution in [0, 0.1) is 0 Å². The zero-order valence-electron chi connectivity index (χ0n) is 8.52. The van der Waals surface area contributed by atoms with E-state index in [0.29, 0.717) is 6.61 Å². The van der Waals surface area contributed by atoms with Gasteiger partial charge < -0.3 is 5.11 Å². The van der Waals surface area contributed by atoms with Crippen LogP contribution < -0.4 is 0 Å². The predicted molar refractivity (Wildman–Crippen MR) is 61.8 cm³/mol. The van der Waals surface area contributed by atoms with Crippen molar-refractivity contribution < 1.29 is 22.6 Å². The molecule has 3 N–H and O–H groups in total. The molecule has 15 heavy (non-hydrogen) atoms. The molecule has 0 spiro atoms. The van der Waals surface area contributed by atoms with Crippen LogP contribution in [0.25, 0.3) is 0 Å². The molecule has 0 saturated heterocycles. The first-order chi connectivity index (χ1) is 6.41. The number of unbranched alkanes of at least 4 members (excludes halogenated alkanes) is 5. The Kier molecular flexibility index (Phi) is 20.9. The summed E-state index contributed by atoms with van der Waals surface area (Å²) in [5.74, 6) is 0. The molecule has 7 heteroatoms. The topological polar surface area (TPSA) is 94.8 Å². The number of aliphatic hydroxyl groups excluding tert-OH is 1. The Balaban J connectivity index is -0.000000208. The second kappa shape index (κ2) is 14.8. The van der Waals surface area contributed by atoms with E-state index in [4.69, 9.17) is 22.6 Å². The quantitative estimate of drug-likeness (QED) is 0.373. The Labute approximate surface area is 114 Å². The fourth-order valence-electron chi connectivity index (χ4n) is 0.892. The molecule has 0 rings (SSSR count). The number of aliphatic hydroxyl groups is 1. The zero-order valence-corrected chi connectivity index (χ0v) is 9.33. The van der Waals surface area contributed by atoms with Crippen LogP contribution in [0.4, 0.5) is 0 Å². The van der Waals surface area contributed by atoms with Gasteiger partial charge in [-0.3, -0.25) is 9.11 Å². The van der Waals surface area contributed by atoms with E-state index in [0.717, 1.165) is 6.42 Å². The molecule has 0 heterocycles. The third-order valence-electron chi connectivity index (χ3n) is 1.51. The minimum absolute atomic E-state index is 0. The fourth-order valence-corrected chi connectivity index (χ4v) is 0.892. The fraction of sp³-hybridized carbons (Fsp3) is 1.00. The van der Waals surface area contributed by atoms with Crippen LogP contribution in [0.5, 0.6) is 0 Å². The van der Waals surface area contributed by atoms with E-state index < -0.39 is 10.4 Å². The summed E-state index contributed by atoms with van der Waals surface area (Å²) < 4.78 is 31.6. The molecule has 0 aliphatic carbocycles. The number of hydrogen-bond donors (Lipinski definition) is 3. The van der Waals surface area contributed by atoms with Crippen molar-refractivity contribution in [1.29, 1.82) is 0 Å². The van der Waals surface area contributed by atoms with Gasteiger partial charge in [-0.15, -0.1) is 0 Å². The Hall–Kier alpha value is 0.830. The van der Waals surface area contributed by atoms with Gasteiger partial charge in [-0.25, -0.2) is 0 Å². The zero-order chi connectivity index (χ0) is 11.4. The monoisotopic (exact) mass is 252 g/mol. The van der Waals surface area contributed by atoms with Crippen molar-refractivity contribution in [2.75, 3.05) is 6.61 Å². The van der Waals surface area contributed by atoms with Crippen molar-refractivity contribution >= 4 is 40.0 Å². The minimum atomic E-state index is -4.67. The van der Waals surface area contributed by atoms with Gasteiger partial charge in [0, 0.05) is 6.61 Å². The van der Waals surface area contributed by atoms with Gasteiger partial charge in [0.15, 0.2) is 0 Å². The Morgan fingerprint density at radius 3 is 1.60 bits per heavy atom. The van der Waals surface area contributed by atoms with E-state index in [-0.39, 0.29) is 29.6 Å². The van der Waals surface area contributed by atoms with E-state index in [2.05, 4.69) is 6.92 Å². The molecule has 0 amide bonds. The van der Waals surface area contributed by atoms with Crippen LogP contribution >= 0.6 is 0 Å². The Bertz CT molecular complexity index is 179. The van der Waals surface area contributed by atoms with Crippen LogP contribution in [-0.4, -0.2) is 58.8 Å².